The van der Waals surface area contributed by atoms with E-state index in [1.54, 1.807) is 18.2 Å². The number of sulfonamides is 1. The molecule has 2 atom stereocenters. The minimum Gasteiger partial charge on any atom is -0.492 e. The van der Waals surface area contributed by atoms with Crippen molar-refractivity contribution in [3.63, 3.8) is 0 Å². The van der Waals surface area contributed by atoms with Crippen molar-refractivity contribution < 1.29 is 23.1 Å². The van der Waals surface area contributed by atoms with E-state index in [0.29, 0.717) is 25.8 Å². The minimum atomic E-state index is -4.11. The first-order chi connectivity index (χ1) is 18.8. The monoisotopic (exact) mass is 569 g/mol. The number of piperidine rings is 1. The molecule has 12 heteroatoms. The number of aliphatic hydroxyl groups excluding tert-OH is 1. The predicted octanol–water partition coefficient (Wildman–Crippen LogP) is 2.26. The van der Waals surface area contributed by atoms with Crippen molar-refractivity contribution in [3.8, 4) is 16.9 Å². The van der Waals surface area contributed by atoms with E-state index in [-0.39, 0.29) is 36.1 Å². The molecule has 1 amide bonds. The molecule has 3 aliphatic heterocycles. The molecule has 10 nitrogen and oxygen atoms in total. The summed E-state index contributed by atoms with van der Waals surface area (Å²) in [4.78, 5) is 15.9. The number of likely N-dealkylation sites (tertiary alicyclic amines) is 1. The van der Waals surface area contributed by atoms with Crippen LogP contribution in [0.5, 0.6) is 5.75 Å². The van der Waals surface area contributed by atoms with Crippen molar-refractivity contribution in [2.45, 2.75) is 54.8 Å². The smallest absolute Gasteiger partial charge is 0.247 e. The highest BCUT2D eigenvalue weighted by molar-refractivity contribution is 7.89. The number of fused-ring (bicyclic) bond motifs is 2. The number of carbonyl (C=O) groups is 1. The topological polar surface area (TPSA) is 125 Å². The molecule has 4 heterocycles. The normalized spacial score (nSPS) is 25.2. The Morgan fingerprint density at radius 2 is 1.90 bits per heavy atom. The number of benzene rings is 2. The lowest BCUT2D eigenvalue weighted by atomic mass is 9.84. The molecule has 3 aliphatic rings. The summed E-state index contributed by atoms with van der Waals surface area (Å²) in [7, 11) is -4.11. The van der Waals surface area contributed by atoms with Crippen molar-refractivity contribution in [3.05, 3.63) is 59.6 Å². The summed E-state index contributed by atoms with van der Waals surface area (Å²) in [6, 6.07) is 13.8. The molecule has 0 unspecified atom stereocenters. The van der Waals surface area contributed by atoms with Gasteiger partial charge in [0.2, 0.25) is 15.9 Å². The fraction of sp³-hybridized carbons (Fsp3) is 0.444. The second-order valence-corrected chi connectivity index (χ2v) is 13.0. The number of ether oxygens (including phenoxy) is 1. The van der Waals surface area contributed by atoms with Gasteiger partial charge in [0.15, 0.2) is 0 Å². The zero-order valence-electron chi connectivity index (χ0n) is 21.4. The van der Waals surface area contributed by atoms with Gasteiger partial charge in [0.05, 0.1) is 18.4 Å². The Morgan fingerprint density at radius 1 is 1.10 bits per heavy atom. The van der Waals surface area contributed by atoms with Gasteiger partial charge in [0.1, 0.15) is 16.7 Å². The second-order valence-electron chi connectivity index (χ2n) is 10.5. The zero-order valence-corrected chi connectivity index (χ0v) is 23.0. The van der Waals surface area contributed by atoms with Crippen LogP contribution >= 0.6 is 11.5 Å². The first-order valence-electron chi connectivity index (χ1n) is 13.2. The van der Waals surface area contributed by atoms with E-state index < -0.39 is 27.7 Å². The lowest BCUT2D eigenvalue weighted by Crippen LogP contribution is -2.59. The van der Waals surface area contributed by atoms with E-state index in [9.17, 15) is 18.3 Å². The van der Waals surface area contributed by atoms with Gasteiger partial charge in [-0.1, -0.05) is 40.9 Å². The molecule has 1 spiro atoms. The van der Waals surface area contributed by atoms with Gasteiger partial charge < -0.3 is 15.2 Å². The molecule has 0 radical (unpaired) electrons. The van der Waals surface area contributed by atoms with Gasteiger partial charge in [-0.3, -0.25) is 9.69 Å². The Labute approximate surface area is 231 Å². The molecule has 2 aromatic carbocycles. The van der Waals surface area contributed by atoms with Crippen LogP contribution in [-0.2, 0) is 21.4 Å². The van der Waals surface area contributed by atoms with Crippen molar-refractivity contribution in [2.75, 3.05) is 26.2 Å². The Morgan fingerprint density at radius 3 is 2.64 bits per heavy atom. The minimum absolute atomic E-state index is 0.0109. The molecule has 0 aliphatic carbocycles. The summed E-state index contributed by atoms with van der Waals surface area (Å²) < 4.78 is 39.0. The van der Waals surface area contributed by atoms with Crippen LogP contribution < -0.4 is 10.1 Å². The molecule has 0 bridgehead atoms. The van der Waals surface area contributed by atoms with Crippen LogP contribution in [0.3, 0.4) is 0 Å². The predicted molar refractivity (Wildman–Crippen MR) is 146 cm³/mol. The standard InChI is InChI=1S/C27H31N5O5S2/c33-22-15-23-26(34)28-27(8-11-31(12-9-27)16-21-18-38-30-29-21)10-13-37-24-14-20(19-4-2-1-3-5-19)6-7-25(24)39(35,36)32(23)17-22/h1-7,14,18,22-23,33H,8-13,15-17H2,(H,28,34)/t22-,23+/m1/s1. The fourth-order valence-electron chi connectivity index (χ4n) is 5.82. The Kier molecular flexibility index (Phi) is 7.15. The maximum absolute atomic E-state index is 13.9. The van der Waals surface area contributed by atoms with Gasteiger partial charge >= 0.3 is 0 Å². The number of hydrogen-bond acceptors (Lipinski definition) is 9. The second kappa shape index (κ2) is 10.6. The summed E-state index contributed by atoms with van der Waals surface area (Å²) in [5, 5.41) is 19.8. The summed E-state index contributed by atoms with van der Waals surface area (Å²) in [5.74, 6) is -0.105. The maximum Gasteiger partial charge on any atom is 0.247 e. The fourth-order valence-corrected chi connectivity index (χ4v) is 8.01. The summed E-state index contributed by atoms with van der Waals surface area (Å²) in [5.41, 5.74) is 2.17. The van der Waals surface area contributed by atoms with E-state index >= 15 is 0 Å². The van der Waals surface area contributed by atoms with Gasteiger partial charge in [0.25, 0.3) is 0 Å². The molecule has 6 rings (SSSR count). The molecular weight excluding hydrogens is 538 g/mol. The molecule has 2 fully saturated rings. The number of carbonyl (C=O) groups excluding carboxylic acids is 1. The highest BCUT2D eigenvalue weighted by Gasteiger charge is 2.47. The van der Waals surface area contributed by atoms with Crippen molar-refractivity contribution in [2.24, 2.45) is 0 Å². The average molecular weight is 570 g/mol. The third-order valence-corrected chi connectivity index (χ3v) is 10.5. The first kappa shape index (κ1) is 26.3. The van der Waals surface area contributed by atoms with E-state index in [2.05, 4.69) is 19.8 Å². The summed E-state index contributed by atoms with van der Waals surface area (Å²) >= 11 is 1.33. The first-order valence-corrected chi connectivity index (χ1v) is 15.4. The number of rotatable bonds is 3. The Balaban J connectivity index is 1.32. The summed E-state index contributed by atoms with van der Waals surface area (Å²) in [6.45, 7) is 2.32. The maximum atomic E-state index is 13.9. The Bertz CT molecular complexity index is 1430. The van der Waals surface area contributed by atoms with Gasteiger partial charge in [-0.2, -0.15) is 4.31 Å². The highest BCUT2D eigenvalue weighted by Crippen LogP contribution is 2.37. The number of aromatic nitrogens is 2. The van der Waals surface area contributed by atoms with E-state index in [1.165, 1.54) is 11.5 Å². The molecule has 2 N–H and O–H groups in total. The van der Waals surface area contributed by atoms with Crippen LogP contribution in [0.1, 0.15) is 31.4 Å². The van der Waals surface area contributed by atoms with Gasteiger partial charge in [0, 0.05) is 49.9 Å². The largest absolute Gasteiger partial charge is 0.492 e. The van der Waals surface area contributed by atoms with Crippen LogP contribution in [0.15, 0.2) is 58.8 Å². The van der Waals surface area contributed by atoms with E-state index in [0.717, 1.165) is 34.2 Å². The average Bonchev–Trinajstić information content (AvgIpc) is 3.60. The number of aliphatic hydroxyl groups is 1. The molecular formula is C27H31N5O5S2. The summed E-state index contributed by atoms with van der Waals surface area (Å²) in [6.07, 6.45) is 1.06. The Hall–Kier alpha value is -2.90. The van der Waals surface area contributed by atoms with Gasteiger partial charge in [-0.05, 0) is 47.6 Å². The lowest BCUT2D eigenvalue weighted by Gasteiger charge is -2.43. The van der Waals surface area contributed by atoms with Crippen molar-refractivity contribution >= 4 is 27.5 Å². The number of hydrogen-bond donors (Lipinski definition) is 2. The quantitative estimate of drug-likeness (QED) is 0.492. The number of nitrogens with one attached hydrogen (secondary N) is 1. The SMILES string of the molecule is O=C1NC2(CCOc3cc(-c4ccccc4)ccc3S(=O)(=O)N3C[C@H](O)C[C@@H]13)CCN(Cc1csnn1)CC2. The lowest BCUT2D eigenvalue weighted by molar-refractivity contribution is -0.127. The van der Waals surface area contributed by atoms with Crippen LogP contribution in [0.4, 0.5) is 0 Å². The van der Waals surface area contributed by atoms with E-state index in [4.69, 9.17) is 4.74 Å². The van der Waals surface area contributed by atoms with E-state index in [1.807, 2.05) is 35.7 Å². The third-order valence-electron chi connectivity index (χ3n) is 8.00. The zero-order chi connectivity index (χ0) is 27.0. The van der Waals surface area contributed by atoms with Crippen LogP contribution in [0.2, 0.25) is 0 Å². The molecule has 39 heavy (non-hydrogen) atoms. The highest BCUT2D eigenvalue weighted by atomic mass is 32.2. The van der Waals surface area contributed by atoms with Crippen LogP contribution in [0.25, 0.3) is 11.1 Å². The molecule has 206 valence electrons. The van der Waals surface area contributed by atoms with Crippen LogP contribution in [0, 0.1) is 0 Å². The van der Waals surface area contributed by atoms with Crippen LogP contribution in [-0.4, -0.2) is 82.1 Å². The molecule has 0 saturated carbocycles. The third kappa shape index (κ3) is 5.31. The molecule has 3 aromatic rings. The molecule has 1 aromatic heterocycles. The molecule has 2 saturated heterocycles. The van der Waals surface area contributed by atoms with Gasteiger partial charge in [-0.25, -0.2) is 8.42 Å². The number of nitrogens with zero attached hydrogens (tertiary/aromatic N) is 4. The van der Waals surface area contributed by atoms with Crippen molar-refractivity contribution in [1.29, 1.82) is 0 Å². The number of amides is 1. The van der Waals surface area contributed by atoms with Crippen molar-refractivity contribution in [1.82, 2.24) is 24.1 Å². The van der Waals surface area contributed by atoms with Gasteiger partial charge in [-0.15, -0.1) is 5.10 Å².